The second-order valence-electron chi connectivity index (χ2n) is 6.01. The lowest BCUT2D eigenvalue weighted by atomic mass is 10.1. The first-order valence-corrected chi connectivity index (χ1v) is 9.59. The maximum Gasteiger partial charge on any atom is 0.222 e. The molecule has 0 saturated heterocycles. The average Bonchev–Trinajstić information content (AvgIpc) is 3.35. The van der Waals surface area contributed by atoms with E-state index in [-0.39, 0.29) is 5.91 Å². The van der Waals surface area contributed by atoms with Crippen molar-refractivity contribution in [3.8, 4) is 11.3 Å². The molecule has 27 heavy (non-hydrogen) atoms. The summed E-state index contributed by atoms with van der Waals surface area (Å²) >= 11 is 1.64. The lowest BCUT2D eigenvalue weighted by molar-refractivity contribution is -0.120. The van der Waals surface area contributed by atoms with Crippen LogP contribution in [0, 0.1) is 0 Å². The fourth-order valence-electron chi connectivity index (χ4n) is 2.85. The van der Waals surface area contributed by atoms with Crippen molar-refractivity contribution in [3.63, 3.8) is 0 Å². The van der Waals surface area contributed by atoms with Crippen LogP contribution in [0.5, 0.6) is 0 Å². The fraction of sp³-hybridized carbons (Fsp3) is 0.150. The minimum absolute atomic E-state index is 0.0210. The van der Waals surface area contributed by atoms with Crippen LogP contribution in [0.15, 0.2) is 66.4 Å². The highest BCUT2D eigenvalue weighted by Crippen LogP contribution is 2.28. The lowest BCUT2D eigenvalue weighted by Crippen LogP contribution is -2.24. The highest BCUT2D eigenvalue weighted by atomic mass is 32.1. The van der Waals surface area contributed by atoms with Crippen LogP contribution < -0.4 is 10.6 Å². The summed E-state index contributed by atoms with van der Waals surface area (Å²) in [6, 6.07) is 14.0. The van der Waals surface area contributed by atoms with Crippen molar-refractivity contribution in [2.24, 2.45) is 0 Å². The number of aromatic nitrogens is 3. The van der Waals surface area contributed by atoms with Crippen LogP contribution in [0.4, 0.5) is 5.82 Å². The number of nitrogens with zero attached hydrogens (tertiary/aromatic N) is 3. The molecule has 2 N–H and O–H groups in total. The Labute approximate surface area is 160 Å². The Hall–Kier alpha value is -3.19. The van der Waals surface area contributed by atoms with Crippen LogP contribution in [0.25, 0.3) is 16.9 Å². The molecule has 0 atom stereocenters. The van der Waals surface area contributed by atoms with Crippen molar-refractivity contribution >= 4 is 28.7 Å². The molecule has 7 heteroatoms. The number of anilines is 1. The third kappa shape index (κ3) is 3.98. The third-order valence-electron chi connectivity index (χ3n) is 4.16. The second-order valence-corrected chi connectivity index (χ2v) is 7.04. The van der Waals surface area contributed by atoms with Crippen LogP contribution in [0.1, 0.15) is 11.3 Å². The van der Waals surface area contributed by atoms with Crippen molar-refractivity contribution in [1.82, 2.24) is 19.7 Å². The van der Waals surface area contributed by atoms with Crippen LogP contribution in [0.3, 0.4) is 0 Å². The normalized spacial score (nSPS) is 10.8. The maximum absolute atomic E-state index is 12.1. The topological polar surface area (TPSA) is 71.3 Å². The quantitative estimate of drug-likeness (QED) is 0.516. The molecule has 0 saturated carbocycles. The van der Waals surface area contributed by atoms with Gasteiger partial charge in [-0.15, -0.1) is 11.3 Å². The van der Waals surface area contributed by atoms with E-state index in [1.165, 1.54) is 0 Å². The number of imidazole rings is 1. The zero-order valence-corrected chi connectivity index (χ0v) is 15.4. The number of carbonyl (C=O) groups excluding carboxylic acids is 1. The number of carbonyl (C=O) groups is 1. The first-order chi connectivity index (χ1) is 13.3. The van der Waals surface area contributed by atoms with E-state index in [2.05, 4.69) is 20.6 Å². The van der Waals surface area contributed by atoms with Gasteiger partial charge in [-0.2, -0.15) is 0 Å². The number of hydrogen-bond acceptors (Lipinski definition) is 5. The predicted octanol–water partition coefficient (Wildman–Crippen LogP) is 3.58. The predicted molar refractivity (Wildman–Crippen MR) is 108 cm³/mol. The molecule has 0 fully saturated rings. The molecule has 0 aliphatic heterocycles. The van der Waals surface area contributed by atoms with Gasteiger partial charge in [0.25, 0.3) is 0 Å². The Morgan fingerprint density at radius 3 is 2.85 bits per heavy atom. The summed E-state index contributed by atoms with van der Waals surface area (Å²) in [6.07, 6.45) is 5.71. The molecule has 136 valence electrons. The lowest BCUT2D eigenvalue weighted by Gasteiger charge is -2.09. The highest BCUT2D eigenvalue weighted by molar-refractivity contribution is 7.09. The Kier molecular flexibility index (Phi) is 5.11. The van der Waals surface area contributed by atoms with Gasteiger partial charge in [0.2, 0.25) is 5.91 Å². The molecule has 3 heterocycles. The van der Waals surface area contributed by atoms with Crippen molar-refractivity contribution < 1.29 is 4.79 Å². The first-order valence-electron chi connectivity index (χ1n) is 8.72. The Morgan fingerprint density at radius 1 is 1.15 bits per heavy atom. The van der Waals surface area contributed by atoms with Gasteiger partial charge in [0, 0.05) is 35.8 Å². The first kappa shape index (κ1) is 17.2. The van der Waals surface area contributed by atoms with Crippen LogP contribution in [-0.2, 0) is 11.3 Å². The van der Waals surface area contributed by atoms with E-state index < -0.39 is 0 Å². The van der Waals surface area contributed by atoms with Crippen molar-refractivity contribution in [3.05, 3.63) is 71.3 Å². The van der Waals surface area contributed by atoms with Gasteiger partial charge in [-0.25, -0.2) is 4.98 Å². The maximum atomic E-state index is 12.1. The van der Waals surface area contributed by atoms with Crippen LogP contribution in [0.2, 0.25) is 0 Å². The van der Waals surface area contributed by atoms with E-state index in [9.17, 15) is 4.79 Å². The molecule has 4 rings (SSSR count). The van der Waals surface area contributed by atoms with E-state index in [1.807, 2.05) is 58.4 Å². The number of amides is 1. The molecular weight excluding hydrogens is 358 g/mol. The molecule has 0 spiro atoms. The van der Waals surface area contributed by atoms with Gasteiger partial charge >= 0.3 is 0 Å². The SMILES string of the molecule is O=C(CCNc1c(-c2ccccc2)nc2cnccn12)NCc1cccs1. The molecule has 0 bridgehead atoms. The summed E-state index contributed by atoms with van der Waals surface area (Å²) in [5.74, 6) is 0.886. The van der Waals surface area contributed by atoms with E-state index >= 15 is 0 Å². The number of hydrogen-bond donors (Lipinski definition) is 2. The van der Waals surface area contributed by atoms with Gasteiger partial charge in [0.1, 0.15) is 11.5 Å². The monoisotopic (exact) mass is 377 g/mol. The van der Waals surface area contributed by atoms with Gasteiger partial charge < -0.3 is 10.6 Å². The number of fused-ring (bicyclic) bond motifs is 1. The molecule has 0 aliphatic rings. The molecule has 0 aliphatic carbocycles. The van der Waals surface area contributed by atoms with E-state index in [0.29, 0.717) is 19.5 Å². The second kappa shape index (κ2) is 8.01. The van der Waals surface area contributed by atoms with Crippen molar-refractivity contribution in [1.29, 1.82) is 0 Å². The van der Waals surface area contributed by atoms with Gasteiger partial charge in [0.05, 0.1) is 12.7 Å². The Morgan fingerprint density at radius 2 is 2.04 bits per heavy atom. The summed E-state index contributed by atoms with van der Waals surface area (Å²) in [5.41, 5.74) is 2.63. The van der Waals surface area contributed by atoms with Crippen molar-refractivity contribution in [2.75, 3.05) is 11.9 Å². The zero-order valence-electron chi connectivity index (χ0n) is 14.6. The van der Waals surface area contributed by atoms with Crippen LogP contribution >= 0.6 is 11.3 Å². The molecule has 3 aromatic heterocycles. The Bertz CT molecular complexity index is 1030. The molecule has 0 radical (unpaired) electrons. The molecule has 1 amide bonds. The van der Waals surface area contributed by atoms with Crippen molar-refractivity contribution in [2.45, 2.75) is 13.0 Å². The fourth-order valence-corrected chi connectivity index (χ4v) is 3.50. The van der Waals surface area contributed by atoms with E-state index in [1.54, 1.807) is 23.7 Å². The van der Waals surface area contributed by atoms with Gasteiger partial charge in [-0.05, 0) is 11.4 Å². The molecule has 0 unspecified atom stereocenters. The van der Waals surface area contributed by atoms with Gasteiger partial charge in [0.15, 0.2) is 5.65 Å². The van der Waals surface area contributed by atoms with E-state index in [4.69, 9.17) is 0 Å². The third-order valence-corrected chi connectivity index (χ3v) is 5.04. The number of thiophene rings is 1. The highest BCUT2D eigenvalue weighted by Gasteiger charge is 2.14. The number of rotatable bonds is 7. The van der Waals surface area contributed by atoms with E-state index in [0.717, 1.165) is 27.6 Å². The molecule has 4 aromatic rings. The smallest absolute Gasteiger partial charge is 0.222 e. The molecular formula is C20H19N5OS. The summed E-state index contributed by atoms with van der Waals surface area (Å²) in [7, 11) is 0. The Balaban J connectivity index is 1.46. The summed E-state index contributed by atoms with van der Waals surface area (Å²) in [5, 5.41) is 8.33. The van der Waals surface area contributed by atoms with Gasteiger partial charge in [-0.3, -0.25) is 14.2 Å². The summed E-state index contributed by atoms with van der Waals surface area (Å²) in [6.45, 7) is 1.10. The zero-order chi connectivity index (χ0) is 18.5. The minimum Gasteiger partial charge on any atom is -0.369 e. The largest absolute Gasteiger partial charge is 0.369 e. The van der Waals surface area contributed by atoms with Gasteiger partial charge in [-0.1, -0.05) is 36.4 Å². The summed E-state index contributed by atoms with van der Waals surface area (Å²) < 4.78 is 1.96. The molecule has 6 nitrogen and oxygen atoms in total. The number of nitrogens with one attached hydrogen (secondary N) is 2. The van der Waals surface area contributed by atoms with Crippen LogP contribution in [-0.4, -0.2) is 26.8 Å². The summed E-state index contributed by atoms with van der Waals surface area (Å²) in [4.78, 5) is 22.1. The molecule has 1 aromatic carbocycles. The minimum atomic E-state index is 0.0210. The standard InChI is InChI=1S/C20H19N5OS/c26-18(23-13-16-7-4-12-27-16)8-9-22-20-19(15-5-2-1-3-6-15)24-17-14-21-10-11-25(17)20/h1-7,10-12,14,22H,8-9,13H2,(H,23,26). The average molecular weight is 377 g/mol. The number of benzene rings is 1.